The Morgan fingerprint density at radius 1 is 1.42 bits per heavy atom. The van der Waals surface area contributed by atoms with Crippen molar-refractivity contribution in [1.82, 2.24) is 10.3 Å². The molecule has 0 fully saturated rings. The number of hydrogen-bond acceptors (Lipinski definition) is 3. The first-order valence-corrected chi connectivity index (χ1v) is 6.09. The highest BCUT2D eigenvalue weighted by atomic mass is 16.5. The summed E-state index contributed by atoms with van der Waals surface area (Å²) in [5.74, 6) is 1.22. The lowest BCUT2D eigenvalue weighted by molar-refractivity contribution is 0.0958. The first-order chi connectivity index (χ1) is 9.19. The molecule has 1 amide bonds. The quantitative estimate of drug-likeness (QED) is 0.904. The Morgan fingerprint density at radius 2 is 2.26 bits per heavy atom. The van der Waals surface area contributed by atoms with Crippen LogP contribution in [0.2, 0.25) is 0 Å². The van der Waals surface area contributed by atoms with Crippen LogP contribution >= 0.6 is 0 Å². The monoisotopic (exact) mass is 256 g/mol. The topological polar surface area (TPSA) is 51.2 Å². The number of aromatic nitrogens is 1. The fourth-order valence-electron chi connectivity index (χ4n) is 1.66. The van der Waals surface area contributed by atoms with Crippen molar-refractivity contribution in [3.8, 4) is 5.75 Å². The fraction of sp³-hybridized carbons (Fsp3) is 0.200. The molecule has 0 spiro atoms. The lowest BCUT2D eigenvalue weighted by Crippen LogP contribution is -2.19. The Hall–Kier alpha value is -2.36. The molecule has 0 saturated heterocycles. The molecule has 0 radical (unpaired) electrons. The fourth-order valence-corrected chi connectivity index (χ4v) is 1.66. The summed E-state index contributed by atoms with van der Waals surface area (Å²) >= 11 is 0. The lowest BCUT2D eigenvalue weighted by atomic mass is 10.3. The number of hydrogen-bond donors (Lipinski definition) is 1. The van der Waals surface area contributed by atoms with E-state index < -0.39 is 0 Å². The molecule has 0 aliphatic heterocycles. The van der Waals surface area contributed by atoms with Gasteiger partial charge in [0.25, 0.3) is 5.91 Å². The minimum Gasteiger partial charge on any atom is -0.461 e. The number of ether oxygens (including phenoxy) is 1. The van der Waals surface area contributed by atoms with Gasteiger partial charge in [0.05, 0.1) is 0 Å². The van der Waals surface area contributed by atoms with E-state index in [-0.39, 0.29) is 5.91 Å². The Morgan fingerprint density at radius 3 is 3.05 bits per heavy atom. The maximum absolute atomic E-state index is 11.5. The van der Waals surface area contributed by atoms with Crippen LogP contribution in [0.15, 0.2) is 54.0 Å². The minimum atomic E-state index is -0.226. The number of rotatable bonds is 3. The summed E-state index contributed by atoms with van der Waals surface area (Å²) < 4.78 is 5.76. The summed E-state index contributed by atoms with van der Waals surface area (Å²) in [5, 5.41) is 2.54. The Bertz CT molecular complexity index is 571. The molecule has 4 heteroatoms. The summed E-state index contributed by atoms with van der Waals surface area (Å²) in [7, 11) is 1.57. The molecule has 1 N–H and O–H groups in total. The molecule has 1 aliphatic carbocycles. The van der Waals surface area contributed by atoms with Crippen LogP contribution in [0.1, 0.15) is 23.8 Å². The number of allylic oxidation sites excluding steroid dienone is 5. The molecule has 2 rings (SSSR count). The summed E-state index contributed by atoms with van der Waals surface area (Å²) in [6, 6.07) is 3.36. The van der Waals surface area contributed by atoms with Crippen LogP contribution in [0.5, 0.6) is 5.75 Å². The number of carbonyl (C=O) groups is 1. The first kappa shape index (κ1) is 13.1. The van der Waals surface area contributed by atoms with E-state index >= 15 is 0 Å². The molecular weight excluding hydrogens is 240 g/mol. The van der Waals surface area contributed by atoms with Crippen LogP contribution in [0.4, 0.5) is 0 Å². The van der Waals surface area contributed by atoms with Gasteiger partial charge < -0.3 is 10.1 Å². The number of pyridine rings is 1. The van der Waals surface area contributed by atoms with Gasteiger partial charge >= 0.3 is 0 Å². The highest BCUT2D eigenvalue weighted by molar-refractivity contribution is 5.92. The maximum atomic E-state index is 11.5. The van der Waals surface area contributed by atoms with Crippen molar-refractivity contribution in [2.75, 3.05) is 7.05 Å². The van der Waals surface area contributed by atoms with E-state index in [0.29, 0.717) is 11.4 Å². The van der Waals surface area contributed by atoms with Gasteiger partial charge in [-0.15, -0.1) is 0 Å². The summed E-state index contributed by atoms with van der Waals surface area (Å²) in [5.41, 5.74) is 1.52. The molecule has 1 aromatic rings. The van der Waals surface area contributed by atoms with Gasteiger partial charge in [0, 0.05) is 25.7 Å². The molecule has 19 heavy (non-hydrogen) atoms. The Labute approximate surface area is 112 Å². The second kappa shape index (κ2) is 6.00. The zero-order valence-corrected chi connectivity index (χ0v) is 11.0. The summed E-state index contributed by atoms with van der Waals surface area (Å²) in [6.45, 7) is 2.03. The van der Waals surface area contributed by atoms with Crippen LogP contribution in [0.3, 0.4) is 0 Å². The molecule has 0 bridgehead atoms. The third kappa shape index (κ3) is 3.55. The molecule has 0 unspecified atom stereocenters. The Kier molecular flexibility index (Phi) is 4.13. The summed E-state index contributed by atoms with van der Waals surface area (Å²) in [4.78, 5) is 15.5. The van der Waals surface area contributed by atoms with Gasteiger partial charge in [0.2, 0.25) is 0 Å². The predicted molar refractivity (Wildman–Crippen MR) is 73.9 cm³/mol. The molecule has 0 saturated carbocycles. The van der Waals surface area contributed by atoms with Crippen molar-refractivity contribution in [3.63, 3.8) is 0 Å². The largest absolute Gasteiger partial charge is 0.461 e. The van der Waals surface area contributed by atoms with E-state index in [1.54, 1.807) is 25.4 Å². The number of nitrogens with one attached hydrogen (secondary N) is 1. The SMILES string of the molecule is CNC(=O)c1cc(OC2=CC=C(C)C=CC2)ccn1. The van der Waals surface area contributed by atoms with Crippen LogP contribution < -0.4 is 10.1 Å². The highest BCUT2D eigenvalue weighted by Gasteiger charge is 2.07. The van der Waals surface area contributed by atoms with Gasteiger partial charge in [-0.1, -0.05) is 23.8 Å². The zero-order valence-electron chi connectivity index (χ0n) is 11.0. The molecule has 98 valence electrons. The van der Waals surface area contributed by atoms with E-state index in [0.717, 1.165) is 12.2 Å². The van der Waals surface area contributed by atoms with Gasteiger partial charge in [-0.2, -0.15) is 0 Å². The van der Waals surface area contributed by atoms with E-state index in [1.165, 1.54) is 5.57 Å². The number of nitrogens with zero attached hydrogens (tertiary/aromatic N) is 1. The third-order valence-electron chi connectivity index (χ3n) is 2.67. The smallest absolute Gasteiger partial charge is 0.269 e. The average Bonchev–Trinajstić information content (AvgIpc) is 2.63. The highest BCUT2D eigenvalue weighted by Crippen LogP contribution is 2.18. The van der Waals surface area contributed by atoms with Gasteiger partial charge in [-0.25, -0.2) is 0 Å². The third-order valence-corrected chi connectivity index (χ3v) is 2.67. The molecule has 1 heterocycles. The van der Waals surface area contributed by atoms with E-state index in [4.69, 9.17) is 4.74 Å². The van der Waals surface area contributed by atoms with Crippen molar-refractivity contribution < 1.29 is 9.53 Å². The average molecular weight is 256 g/mol. The molecule has 1 aromatic heterocycles. The molecule has 0 aromatic carbocycles. The van der Waals surface area contributed by atoms with Crippen LogP contribution in [0.25, 0.3) is 0 Å². The first-order valence-electron chi connectivity index (χ1n) is 6.09. The van der Waals surface area contributed by atoms with Crippen molar-refractivity contribution in [2.24, 2.45) is 0 Å². The van der Waals surface area contributed by atoms with Gasteiger partial charge in [0.15, 0.2) is 0 Å². The minimum absolute atomic E-state index is 0.226. The number of carbonyl (C=O) groups excluding carboxylic acids is 1. The second-order valence-electron chi connectivity index (χ2n) is 4.21. The van der Waals surface area contributed by atoms with E-state index in [1.807, 2.05) is 25.2 Å². The second-order valence-corrected chi connectivity index (χ2v) is 4.21. The van der Waals surface area contributed by atoms with Crippen molar-refractivity contribution in [2.45, 2.75) is 13.3 Å². The molecule has 1 aliphatic rings. The van der Waals surface area contributed by atoms with E-state index in [9.17, 15) is 4.79 Å². The Balaban J connectivity index is 2.16. The van der Waals surface area contributed by atoms with Gasteiger partial charge in [-0.3, -0.25) is 9.78 Å². The van der Waals surface area contributed by atoms with Crippen LogP contribution in [-0.4, -0.2) is 17.9 Å². The van der Waals surface area contributed by atoms with Crippen molar-refractivity contribution in [1.29, 1.82) is 0 Å². The summed E-state index contributed by atoms with van der Waals surface area (Å²) in [6.07, 6.45) is 10.3. The lowest BCUT2D eigenvalue weighted by Gasteiger charge is -2.08. The number of amides is 1. The predicted octanol–water partition coefficient (Wildman–Crippen LogP) is 2.61. The maximum Gasteiger partial charge on any atom is 0.269 e. The standard InChI is InChI=1S/C15H16N2O2/c1-11-4-3-5-12(7-6-11)19-13-8-9-17-14(10-13)15(18)16-2/h3-4,6-10H,5H2,1-2H3,(H,16,18). The van der Waals surface area contributed by atoms with Crippen LogP contribution in [-0.2, 0) is 0 Å². The normalized spacial score (nSPS) is 14.2. The zero-order chi connectivity index (χ0) is 13.7. The molecule has 4 nitrogen and oxygen atoms in total. The van der Waals surface area contributed by atoms with Gasteiger partial charge in [-0.05, 0) is 19.1 Å². The molecule has 0 atom stereocenters. The van der Waals surface area contributed by atoms with Crippen LogP contribution in [0, 0.1) is 0 Å². The van der Waals surface area contributed by atoms with E-state index in [2.05, 4.69) is 16.4 Å². The van der Waals surface area contributed by atoms with Gasteiger partial charge in [0.1, 0.15) is 17.2 Å². The van der Waals surface area contributed by atoms with Crippen molar-refractivity contribution >= 4 is 5.91 Å². The molecular formula is C15H16N2O2. The van der Waals surface area contributed by atoms with Crippen molar-refractivity contribution in [3.05, 3.63) is 59.7 Å².